The Labute approximate surface area is 150 Å². The van der Waals surface area contributed by atoms with Gasteiger partial charge >= 0.3 is 0 Å². The lowest BCUT2D eigenvalue weighted by molar-refractivity contribution is 0.475. The maximum Gasteiger partial charge on any atom is 0.143 e. The minimum atomic E-state index is 0.229. The second-order valence-corrected chi connectivity index (χ2v) is 6.23. The topological polar surface area (TPSA) is 49.6 Å². The Kier molecular flexibility index (Phi) is 3.82. The van der Waals surface area contributed by atoms with E-state index in [-0.39, 0.29) is 5.75 Å². The molecule has 0 unspecified atom stereocenters. The fourth-order valence-corrected chi connectivity index (χ4v) is 2.98. The minimum absolute atomic E-state index is 0.229. The number of pyridine rings is 1. The lowest BCUT2D eigenvalue weighted by atomic mass is 10.1. The predicted molar refractivity (Wildman–Crippen MR) is 102 cm³/mol. The van der Waals surface area contributed by atoms with Gasteiger partial charge in [-0.1, -0.05) is 23.7 Å². The van der Waals surface area contributed by atoms with Gasteiger partial charge in [0, 0.05) is 22.5 Å². The molecule has 0 radical (unpaired) electrons. The van der Waals surface area contributed by atoms with Crippen LogP contribution in [0, 0.1) is 6.92 Å². The van der Waals surface area contributed by atoms with E-state index in [2.05, 4.69) is 5.32 Å². The lowest BCUT2D eigenvalue weighted by Crippen LogP contribution is -1.98. The molecule has 4 nitrogen and oxygen atoms in total. The van der Waals surface area contributed by atoms with E-state index in [4.69, 9.17) is 16.6 Å². The van der Waals surface area contributed by atoms with Crippen LogP contribution in [0.2, 0.25) is 5.02 Å². The summed E-state index contributed by atoms with van der Waals surface area (Å²) in [6.07, 6.45) is 1.97. The molecule has 0 aliphatic carbocycles. The summed E-state index contributed by atoms with van der Waals surface area (Å²) in [4.78, 5) is 4.75. The molecular formula is C20H16ClN3O. The van der Waals surface area contributed by atoms with Crippen LogP contribution in [-0.2, 0) is 0 Å². The number of nitrogens with one attached hydrogen (secondary N) is 1. The zero-order valence-corrected chi connectivity index (χ0v) is 14.3. The summed E-state index contributed by atoms with van der Waals surface area (Å²) >= 11 is 6.26. The van der Waals surface area contributed by atoms with E-state index < -0.39 is 0 Å². The zero-order chi connectivity index (χ0) is 17.4. The maximum absolute atomic E-state index is 9.56. The average molecular weight is 350 g/mol. The highest BCUT2D eigenvalue weighted by Crippen LogP contribution is 2.33. The van der Waals surface area contributed by atoms with Crippen LogP contribution in [-0.4, -0.2) is 14.5 Å². The van der Waals surface area contributed by atoms with Crippen LogP contribution in [0.1, 0.15) is 5.56 Å². The predicted octanol–water partition coefficient (Wildman–Crippen LogP) is 5.41. The van der Waals surface area contributed by atoms with Crippen molar-refractivity contribution in [3.8, 4) is 17.0 Å². The number of hydrogen-bond acceptors (Lipinski definition) is 3. The van der Waals surface area contributed by atoms with Gasteiger partial charge in [-0.3, -0.25) is 4.40 Å². The number of benzene rings is 2. The van der Waals surface area contributed by atoms with Crippen LogP contribution in [0.4, 0.5) is 11.5 Å². The molecule has 4 aromatic rings. The van der Waals surface area contributed by atoms with Crippen molar-refractivity contribution in [3.05, 3.63) is 77.4 Å². The van der Waals surface area contributed by atoms with Gasteiger partial charge in [-0.25, -0.2) is 4.98 Å². The van der Waals surface area contributed by atoms with E-state index in [9.17, 15) is 5.11 Å². The Morgan fingerprint density at radius 2 is 1.80 bits per heavy atom. The number of anilines is 2. The van der Waals surface area contributed by atoms with Gasteiger partial charge in [0.25, 0.3) is 0 Å². The van der Waals surface area contributed by atoms with E-state index >= 15 is 0 Å². The van der Waals surface area contributed by atoms with Crippen LogP contribution in [0.15, 0.2) is 66.9 Å². The van der Waals surface area contributed by atoms with Crippen molar-refractivity contribution in [2.75, 3.05) is 5.32 Å². The average Bonchev–Trinajstić information content (AvgIpc) is 2.98. The van der Waals surface area contributed by atoms with Gasteiger partial charge in [-0.15, -0.1) is 0 Å². The van der Waals surface area contributed by atoms with Crippen LogP contribution < -0.4 is 5.32 Å². The molecule has 2 aromatic carbocycles. The van der Waals surface area contributed by atoms with Gasteiger partial charge in [-0.05, 0) is 61.0 Å². The molecule has 2 aromatic heterocycles. The highest BCUT2D eigenvalue weighted by Gasteiger charge is 2.15. The number of aromatic hydroxyl groups is 1. The number of imidazole rings is 1. The molecular weight excluding hydrogens is 334 g/mol. The van der Waals surface area contributed by atoms with Gasteiger partial charge in [-0.2, -0.15) is 0 Å². The summed E-state index contributed by atoms with van der Waals surface area (Å²) in [6, 6.07) is 18.7. The van der Waals surface area contributed by atoms with Crippen molar-refractivity contribution in [2.45, 2.75) is 6.92 Å². The zero-order valence-electron chi connectivity index (χ0n) is 13.6. The van der Waals surface area contributed by atoms with Gasteiger partial charge in [0.05, 0.1) is 0 Å². The molecule has 0 amide bonds. The van der Waals surface area contributed by atoms with E-state index in [1.807, 2.05) is 66.1 Å². The lowest BCUT2D eigenvalue weighted by Gasteiger charge is -2.12. The standard InChI is InChI=1S/C20H16ClN3O/c1-13-16(21)5-4-6-17(13)22-20-19(14-8-10-15(25)11-9-14)23-18-7-2-3-12-24(18)20/h2-12,22,25H,1H3. The molecule has 0 fully saturated rings. The van der Waals surface area contributed by atoms with Crippen molar-refractivity contribution < 1.29 is 5.11 Å². The van der Waals surface area contributed by atoms with Crippen LogP contribution in [0.5, 0.6) is 5.75 Å². The Balaban J connectivity index is 1.90. The molecule has 0 aliphatic heterocycles. The number of aromatic nitrogens is 2. The maximum atomic E-state index is 9.56. The number of phenolic OH excluding ortho intramolecular Hbond substituents is 1. The van der Waals surface area contributed by atoms with Crippen molar-refractivity contribution in [1.82, 2.24) is 9.38 Å². The summed E-state index contributed by atoms with van der Waals surface area (Å²) in [5, 5.41) is 13.7. The first-order valence-electron chi connectivity index (χ1n) is 7.92. The number of rotatable bonds is 3. The fraction of sp³-hybridized carbons (Fsp3) is 0.0500. The summed E-state index contributed by atoms with van der Waals surface area (Å²) in [7, 11) is 0. The highest BCUT2D eigenvalue weighted by atomic mass is 35.5. The van der Waals surface area contributed by atoms with Gasteiger partial charge in [0.2, 0.25) is 0 Å². The summed E-state index contributed by atoms with van der Waals surface area (Å²) in [5.74, 6) is 1.08. The van der Waals surface area contributed by atoms with Gasteiger partial charge < -0.3 is 10.4 Å². The Morgan fingerprint density at radius 3 is 2.60 bits per heavy atom. The first kappa shape index (κ1) is 15.5. The molecule has 25 heavy (non-hydrogen) atoms. The SMILES string of the molecule is Cc1c(Cl)cccc1Nc1c(-c2ccc(O)cc2)nc2ccccn12. The molecule has 5 heteroatoms. The first-order chi connectivity index (χ1) is 12.1. The largest absolute Gasteiger partial charge is 0.508 e. The summed E-state index contributed by atoms with van der Waals surface area (Å²) in [6.45, 7) is 1.98. The Morgan fingerprint density at radius 1 is 1.00 bits per heavy atom. The number of fused-ring (bicyclic) bond motifs is 1. The second-order valence-electron chi connectivity index (χ2n) is 5.82. The molecule has 0 saturated heterocycles. The minimum Gasteiger partial charge on any atom is -0.508 e. The number of hydrogen-bond donors (Lipinski definition) is 2. The number of halogens is 1. The van der Waals surface area contributed by atoms with E-state index in [0.29, 0.717) is 5.02 Å². The van der Waals surface area contributed by atoms with Crippen LogP contribution in [0.25, 0.3) is 16.9 Å². The smallest absolute Gasteiger partial charge is 0.143 e. The normalized spacial score (nSPS) is 11.0. The Hall–Kier alpha value is -2.98. The van der Waals surface area contributed by atoms with Crippen molar-refractivity contribution >= 4 is 28.8 Å². The van der Waals surface area contributed by atoms with Crippen LogP contribution in [0.3, 0.4) is 0 Å². The van der Waals surface area contributed by atoms with E-state index in [0.717, 1.165) is 34.0 Å². The molecule has 0 aliphatic rings. The number of nitrogens with zero attached hydrogens (tertiary/aromatic N) is 2. The van der Waals surface area contributed by atoms with Crippen molar-refractivity contribution in [1.29, 1.82) is 0 Å². The monoisotopic (exact) mass is 349 g/mol. The molecule has 2 heterocycles. The molecule has 2 N–H and O–H groups in total. The van der Waals surface area contributed by atoms with Crippen molar-refractivity contribution in [2.24, 2.45) is 0 Å². The highest BCUT2D eigenvalue weighted by molar-refractivity contribution is 6.31. The third-order valence-electron chi connectivity index (χ3n) is 4.19. The summed E-state index contributed by atoms with van der Waals surface area (Å²) in [5.41, 5.74) is 4.48. The molecule has 4 rings (SSSR count). The molecule has 124 valence electrons. The first-order valence-corrected chi connectivity index (χ1v) is 8.30. The fourth-order valence-electron chi connectivity index (χ4n) is 2.81. The quantitative estimate of drug-likeness (QED) is 0.519. The van der Waals surface area contributed by atoms with Gasteiger partial charge in [0.15, 0.2) is 0 Å². The Bertz CT molecular complexity index is 1050. The molecule has 0 saturated carbocycles. The third-order valence-corrected chi connectivity index (χ3v) is 4.60. The van der Waals surface area contributed by atoms with Gasteiger partial charge in [0.1, 0.15) is 22.9 Å². The van der Waals surface area contributed by atoms with E-state index in [1.54, 1.807) is 12.1 Å². The van der Waals surface area contributed by atoms with Crippen molar-refractivity contribution in [3.63, 3.8) is 0 Å². The van der Waals surface area contributed by atoms with E-state index in [1.165, 1.54) is 0 Å². The molecule has 0 bridgehead atoms. The number of phenols is 1. The molecule has 0 spiro atoms. The van der Waals surface area contributed by atoms with Crippen LogP contribution >= 0.6 is 11.6 Å². The second kappa shape index (κ2) is 6.15. The summed E-state index contributed by atoms with van der Waals surface area (Å²) < 4.78 is 2.00. The molecule has 0 atom stereocenters. The third kappa shape index (κ3) is 2.81.